The minimum absolute atomic E-state index is 0.165. The lowest BCUT2D eigenvalue weighted by atomic mass is 10.2. The van der Waals surface area contributed by atoms with E-state index in [1.807, 2.05) is 0 Å². The van der Waals surface area contributed by atoms with Crippen molar-refractivity contribution in [2.75, 3.05) is 0 Å². The van der Waals surface area contributed by atoms with E-state index in [0.29, 0.717) is 0 Å². The third-order valence-electron chi connectivity index (χ3n) is 1.77. The van der Waals surface area contributed by atoms with Gasteiger partial charge in [0.05, 0.1) is 12.8 Å². The summed E-state index contributed by atoms with van der Waals surface area (Å²) in [7, 11) is -0.330. The second kappa shape index (κ2) is 6.78. The molecule has 0 bridgehead atoms. The van der Waals surface area contributed by atoms with Crippen molar-refractivity contribution in [3.05, 3.63) is 0 Å². The Hall–Kier alpha value is -1.50. The number of rotatable bonds is 9. The number of hydrogen-bond acceptors (Lipinski definition) is 8. The molecule has 0 aliphatic rings. The lowest BCUT2D eigenvalue weighted by Crippen LogP contribution is -2.40. The Morgan fingerprint density at radius 2 is 0.950 bits per heavy atom. The highest BCUT2D eigenvalue weighted by atomic mass is 33.1. The zero-order chi connectivity index (χ0) is 16.1. The Balaban J connectivity index is 5.07. The van der Waals surface area contributed by atoms with Crippen LogP contribution in [0.25, 0.3) is 0 Å². The van der Waals surface area contributed by atoms with Gasteiger partial charge in [-0.3, -0.25) is 9.59 Å². The summed E-state index contributed by atoms with van der Waals surface area (Å²) in [6, 6.07) is 0. The molecule has 114 valence electrons. The predicted octanol–water partition coefficient (Wildman–Crippen LogP) is -1.14. The summed E-state index contributed by atoms with van der Waals surface area (Å²) in [6.45, 7) is 0. The summed E-state index contributed by atoms with van der Waals surface area (Å²) in [5, 5.41) is 53.4. The molecule has 0 aliphatic heterocycles. The monoisotopic (exact) mass is 330 g/mol. The predicted molar refractivity (Wildman–Crippen MR) is 64.9 cm³/mol. The fourth-order valence-corrected chi connectivity index (χ4v) is 3.22. The lowest BCUT2D eigenvalue weighted by Gasteiger charge is -2.25. The van der Waals surface area contributed by atoms with Crippen LogP contribution in [-0.4, -0.2) is 64.4 Å². The fraction of sp³-hybridized carbons (Fsp3) is 0.500. The van der Waals surface area contributed by atoms with Crippen LogP contribution in [0.1, 0.15) is 12.8 Å². The third-order valence-corrected chi connectivity index (χ3v) is 4.94. The van der Waals surface area contributed by atoms with Gasteiger partial charge in [0.15, 0.2) is 0 Å². The molecule has 0 aromatic carbocycles. The Morgan fingerprint density at radius 3 is 1.10 bits per heavy atom. The molecule has 0 amide bonds. The van der Waals surface area contributed by atoms with Gasteiger partial charge in [-0.1, -0.05) is 0 Å². The lowest BCUT2D eigenvalue weighted by molar-refractivity contribution is -0.156. The molecule has 0 aromatic heterocycles. The first kappa shape index (κ1) is 18.5. The van der Waals surface area contributed by atoms with Gasteiger partial charge in [0.1, 0.15) is 0 Å². The Kier molecular flexibility index (Phi) is 6.28. The van der Waals surface area contributed by atoms with Crippen LogP contribution in [0.15, 0.2) is 0 Å². The summed E-state index contributed by atoms with van der Waals surface area (Å²) in [4.78, 5) is 36.6. The summed E-state index contributed by atoms with van der Waals surface area (Å²) in [5.41, 5.74) is 0. The smallest absolute Gasteiger partial charge is 0.347 e. The van der Waals surface area contributed by atoms with Crippen LogP contribution in [0, 0.1) is 0 Å². The van der Waals surface area contributed by atoms with Crippen molar-refractivity contribution < 1.29 is 49.8 Å². The van der Waals surface area contributed by atoms with E-state index in [4.69, 9.17) is 20.4 Å². The van der Waals surface area contributed by atoms with E-state index < -0.39 is 46.6 Å². The van der Waals surface area contributed by atoms with Gasteiger partial charge in [-0.25, -0.2) is 9.59 Å². The first-order valence-corrected chi connectivity index (χ1v) is 6.80. The number of carboxylic acids is 4. The van der Waals surface area contributed by atoms with Gasteiger partial charge in [0.2, 0.25) is 9.87 Å². The van der Waals surface area contributed by atoms with Crippen LogP contribution >= 0.6 is 21.6 Å². The normalized spacial score (nSPS) is 16.7. The maximum Gasteiger partial charge on any atom is 0.347 e. The molecule has 0 radical (unpaired) electrons. The number of aliphatic hydroxyl groups is 2. The minimum Gasteiger partial charge on any atom is -0.481 e. The van der Waals surface area contributed by atoms with Crippen molar-refractivity contribution in [2.24, 2.45) is 0 Å². The van der Waals surface area contributed by atoms with E-state index in [9.17, 15) is 29.4 Å². The Bertz CT molecular complexity index is 397. The van der Waals surface area contributed by atoms with Crippen molar-refractivity contribution >= 4 is 45.5 Å². The van der Waals surface area contributed by atoms with Crippen LogP contribution in [0.3, 0.4) is 0 Å². The summed E-state index contributed by atoms with van der Waals surface area (Å²) < 4.78 is 0. The van der Waals surface area contributed by atoms with Gasteiger partial charge in [0.25, 0.3) is 0 Å². The molecule has 6 N–H and O–H groups in total. The largest absolute Gasteiger partial charge is 0.481 e. The maximum absolute atomic E-state index is 10.8. The van der Waals surface area contributed by atoms with E-state index >= 15 is 0 Å². The van der Waals surface area contributed by atoms with Crippen LogP contribution in [0.4, 0.5) is 0 Å². The van der Waals surface area contributed by atoms with E-state index in [0.717, 1.165) is 0 Å². The van der Waals surface area contributed by atoms with Gasteiger partial charge >= 0.3 is 23.9 Å². The van der Waals surface area contributed by atoms with E-state index in [2.05, 4.69) is 0 Å². The number of hydrogen-bond donors (Lipinski definition) is 6. The fourth-order valence-electron chi connectivity index (χ4n) is 0.829. The highest BCUT2D eigenvalue weighted by Crippen LogP contribution is 2.45. The number of carbonyl (C=O) groups is 4. The highest BCUT2D eigenvalue weighted by molar-refractivity contribution is 8.77. The van der Waals surface area contributed by atoms with Gasteiger partial charge < -0.3 is 30.6 Å². The Labute approximate surface area is 118 Å². The molecule has 0 aromatic rings. The number of aliphatic carboxylic acids is 4. The van der Waals surface area contributed by atoms with Crippen molar-refractivity contribution in [1.82, 2.24) is 0 Å². The zero-order valence-corrected chi connectivity index (χ0v) is 11.2. The molecule has 0 fully saturated rings. The van der Waals surface area contributed by atoms with Crippen molar-refractivity contribution in [1.29, 1.82) is 0 Å². The molecule has 0 rings (SSSR count). The standard InChI is InChI=1S/C8H10O10S2/c9-3(10)1-7(17,5(13)14)19-20-8(18,6(15)16)2-4(11)12/h17-18H,1-2H2,(H,9,10)(H,11,12)(H,13,14)(H,15,16). The molecule has 0 spiro atoms. The van der Waals surface area contributed by atoms with E-state index in [1.165, 1.54) is 0 Å². The van der Waals surface area contributed by atoms with E-state index in [-0.39, 0.29) is 21.6 Å². The minimum atomic E-state index is -2.92. The molecular weight excluding hydrogens is 320 g/mol. The van der Waals surface area contributed by atoms with Crippen LogP contribution in [0.2, 0.25) is 0 Å². The first-order chi connectivity index (χ1) is 8.93. The topological polar surface area (TPSA) is 190 Å². The SMILES string of the molecule is O=C(O)CC(O)(SSC(O)(CC(=O)O)C(=O)O)C(=O)O. The third kappa shape index (κ3) is 5.24. The van der Waals surface area contributed by atoms with Gasteiger partial charge in [0, 0.05) is 0 Å². The molecule has 2 unspecified atom stereocenters. The van der Waals surface area contributed by atoms with Crippen LogP contribution in [-0.2, 0) is 19.2 Å². The summed E-state index contributed by atoms with van der Waals surface area (Å²) in [6.07, 6.45) is -2.55. The van der Waals surface area contributed by atoms with Gasteiger partial charge in [-0.2, -0.15) is 0 Å². The molecule has 0 saturated heterocycles. The maximum atomic E-state index is 10.8. The van der Waals surface area contributed by atoms with Gasteiger partial charge in [-0.05, 0) is 21.6 Å². The molecule has 0 saturated carbocycles. The number of carboxylic acid groups (broad SMARTS) is 4. The van der Waals surface area contributed by atoms with Crippen molar-refractivity contribution in [3.63, 3.8) is 0 Å². The summed E-state index contributed by atoms with van der Waals surface area (Å²) in [5.74, 6) is -7.30. The second-order valence-electron chi connectivity index (χ2n) is 3.49. The Morgan fingerprint density at radius 1 is 0.700 bits per heavy atom. The first-order valence-electron chi connectivity index (χ1n) is 4.65. The molecule has 20 heavy (non-hydrogen) atoms. The molecule has 10 nitrogen and oxygen atoms in total. The molecular formula is C8H10O10S2. The van der Waals surface area contributed by atoms with Crippen LogP contribution in [0.5, 0.6) is 0 Å². The van der Waals surface area contributed by atoms with E-state index in [1.54, 1.807) is 0 Å². The highest BCUT2D eigenvalue weighted by Gasteiger charge is 2.47. The van der Waals surface area contributed by atoms with Crippen LogP contribution < -0.4 is 0 Å². The second-order valence-corrected chi connectivity index (χ2v) is 6.17. The quantitative estimate of drug-likeness (QED) is 0.220. The molecule has 12 heteroatoms. The van der Waals surface area contributed by atoms with Crippen molar-refractivity contribution in [2.45, 2.75) is 22.7 Å². The zero-order valence-electron chi connectivity index (χ0n) is 9.55. The average Bonchev–Trinajstić information content (AvgIpc) is 2.24. The molecule has 0 heterocycles. The van der Waals surface area contributed by atoms with Gasteiger partial charge in [-0.15, -0.1) is 0 Å². The average molecular weight is 330 g/mol. The van der Waals surface area contributed by atoms with Crippen molar-refractivity contribution in [3.8, 4) is 0 Å². The summed E-state index contributed by atoms with van der Waals surface area (Å²) >= 11 is 0. The molecule has 0 aliphatic carbocycles. The molecule has 2 atom stereocenters.